The monoisotopic (exact) mass is 271 g/mol. The molecule has 0 aliphatic heterocycles. The summed E-state index contributed by atoms with van der Waals surface area (Å²) in [5.41, 5.74) is 1.40. The number of nitrogens with zero attached hydrogens (tertiary/aromatic N) is 1. The summed E-state index contributed by atoms with van der Waals surface area (Å²) >= 11 is 1.64. The van der Waals surface area contributed by atoms with E-state index in [1.807, 2.05) is 36.6 Å². The molecule has 2 heterocycles. The van der Waals surface area contributed by atoms with Gasteiger partial charge in [-0.1, -0.05) is 18.2 Å². The van der Waals surface area contributed by atoms with Gasteiger partial charge in [-0.25, -0.2) is 0 Å². The molecule has 0 saturated carbocycles. The molecule has 4 nitrogen and oxygen atoms in total. The normalized spacial score (nSPS) is 12.5. The van der Waals surface area contributed by atoms with Crippen LogP contribution in [0.5, 0.6) is 0 Å². The van der Waals surface area contributed by atoms with Gasteiger partial charge in [0.15, 0.2) is 0 Å². The molecule has 0 bridgehead atoms. The fourth-order valence-electron chi connectivity index (χ4n) is 2.04. The lowest BCUT2D eigenvalue weighted by atomic mass is 10.1. The average molecular weight is 271 g/mol. The van der Waals surface area contributed by atoms with Gasteiger partial charge in [-0.2, -0.15) is 5.10 Å². The number of carbonyl (C=O) groups excluding carboxylic acids is 1. The first-order valence-corrected chi connectivity index (χ1v) is 6.90. The molecule has 0 unspecified atom stereocenters. The number of thiophene rings is 1. The third-order valence-corrected chi connectivity index (χ3v) is 4.09. The molecule has 1 aromatic carbocycles. The Morgan fingerprint density at radius 1 is 1.37 bits per heavy atom. The Morgan fingerprint density at radius 2 is 2.26 bits per heavy atom. The van der Waals surface area contributed by atoms with Crippen LogP contribution < -0.4 is 5.32 Å². The Morgan fingerprint density at radius 3 is 3.05 bits per heavy atom. The highest BCUT2D eigenvalue weighted by Crippen LogP contribution is 2.20. The van der Waals surface area contributed by atoms with Gasteiger partial charge in [0.25, 0.3) is 5.91 Å². The number of para-hydroxylation sites is 1. The molecular weight excluding hydrogens is 258 g/mol. The molecule has 2 aromatic heterocycles. The molecule has 5 heteroatoms. The van der Waals surface area contributed by atoms with Gasteiger partial charge < -0.3 is 5.32 Å². The van der Waals surface area contributed by atoms with Crippen molar-refractivity contribution in [3.05, 3.63) is 52.3 Å². The maximum absolute atomic E-state index is 12.3. The number of hydrogen-bond donors (Lipinski definition) is 2. The van der Waals surface area contributed by atoms with E-state index in [1.165, 1.54) is 0 Å². The first-order chi connectivity index (χ1) is 9.25. The van der Waals surface area contributed by atoms with Crippen molar-refractivity contribution < 1.29 is 4.79 Å². The second-order valence-corrected chi connectivity index (χ2v) is 5.33. The molecule has 19 heavy (non-hydrogen) atoms. The van der Waals surface area contributed by atoms with Gasteiger partial charge in [0, 0.05) is 10.3 Å². The number of nitrogens with one attached hydrogen (secondary N) is 2. The van der Waals surface area contributed by atoms with Gasteiger partial charge in [0.2, 0.25) is 0 Å². The average Bonchev–Trinajstić information content (AvgIpc) is 3.08. The minimum absolute atomic E-state index is 0.00526. The Hall–Kier alpha value is -2.14. The molecule has 2 N–H and O–H groups in total. The summed E-state index contributed by atoms with van der Waals surface area (Å²) in [6.45, 7) is 1.98. The van der Waals surface area contributed by atoms with Crippen molar-refractivity contribution in [2.45, 2.75) is 13.0 Å². The summed E-state index contributed by atoms with van der Waals surface area (Å²) in [5.74, 6) is -0.0873. The maximum atomic E-state index is 12.3. The number of benzene rings is 1. The Balaban J connectivity index is 1.86. The maximum Gasteiger partial charge on any atom is 0.253 e. The summed E-state index contributed by atoms with van der Waals surface area (Å²) in [6, 6.07) is 9.60. The largest absolute Gasteiger partial charge is 0.345 e. The highest BCUT2D eigenvalue weighted by molar-refractivity contribution is 7.10. The summed E-state index contributed by atoms with van der Waals surface area (Å²) in [5, 5.41) is 12.8. The lowest BCUT2D eigenvalue weighted by molar-refractivity contribution is 0.0942. The van der Waals surface area contributed by atoms with E-state index in [2.05, 4.69) is 15.5 Å². The zero-order chi connectivity index (χ0) is 13.2. The van der Waals surface area contributed by atoms with Crippen LogP contribution in [-0.4, -0.2) is 16.1 Å². The summed E-state index contributed by atoms with van der Waals surface area (Å²) in [6.07, 6.45) is 1.72. The number of amides is 1. The SMILES string of the molecule is C[C@@H](NC(=O)c1cccc2cn[nH]c12)c1cccs1. The highest BCUT2D eigenvalue weighted by atomic mass is 32.1. The smallest absolute Gasteiger partial charge is 0.253 e. The molecule has 0 spiro atoms. The van der Waals surface area contributed by atoms with Crippen molar-refractivity contribution >= 4 is 28.1 Å². The van der Waals surface area contributed by atoms with Crippen LogP contribution in [0.2, 0.25) is 0 Å². The minimum atomic E-state index is -0.0873. The van der Waals surface area contributed by atoms with Crippen LogP contribution in [0.15, 0.2) is 41.9 Å². The van der Waals surface area contributed by atoms with Crippen LogP contribution in [0.1, 0.15) is 28.2 Å². The predicted molar refractivity (Wildman–Crippen MR) is 76.3 cm³/mol. The molecule has 0 aliphatic rings. The Kier molecular flexibility index (Phi) is 3.05. The third-order valence-electron chi connectivity index (χ3n) is 3.04. The highest BCUT2D eigenvalue weighted by Gasteiger charge is 2.15. The number of H-pyrrole nitrogens is 1. The first-order valence-electron chi connectivity index (χ1n) is 6.02. The van der Waals surface area contributed by atoms with Gasteiger partial charge >= 0.3 is 0 Å². The molecule has 0 saturated heterocycles. The topological polar surface area (TPSA) is 57.8 Å². The van der Waals surface area contributed by atoms with Crippen molar-refractivity contribution in [2.75, 3.05) is 0 Å². The van der Waals surface area contributed by atoms with Crippen LogP contribution in [0, 0.1) is 0 Å². The predicted octanol–water partition coefficient (Wildman–Crippen LogP) is 3.12. The van der Waals surface area contributed by atoms with E-state index in [1.54, 1.807) is 23.6 Å². The molecule has 1 amide bonds. The van der Waals surface area contributed by atoms with Crippen molar-refractivity contribution in [2.24, 2.45) is 0 Å². The lowest BCUT2D eigenvalue weighted by Crippen LogP contribution is -2.26. The quantitative estimate of drug-likeness (QED) is 0.769. The standard InChI is InChI=1S/C14H13N3OS/c1-9(12-6-3-7-19-12)16-14(18)11-5-2-4-10-8-15-17-13(10)11/h2-9H,1H3,(H,15,17)(H,16,18)/t9-/m1/s1. The lowest BCUT2D eigenvalue weighted by Gasteiger charge is -2.12. The van der Waals surface area contributed by atoms with Crippen LogP contribution in [0.4, 0.5) is 0 Å². The molecule has 3 rings (SSSR count). The van der Waals surface area contributed by atoms with Crippen LogP contribution in [0.25, 0.3) is 10.9 Å². The number of aromatic amines is 1. The Bertz CT molecular complexity index is 702. The summed E-state index contributed by atoms with van der Waals surface area (Å²) in [4.78, 5) is 13.5. The van der Waals surface area contributed by atoms with E-state index < -0.39 is 0 Å². The minimum Gasteiger partial charge on any atom is -0.345 e. The van der Waals surface area contributed by atoms with Crippen LogP contribution in [-0.2, 0) is 0 Å². The molecule has 1 atom stereocenters. The number of aromatic nitrogens is 2. The molecule has 0 radical (unpaired) electrons. The zero-order valence-electron chi connectivity index (χ0n) is 10.4. The Labute approximate surface area is 114 Å². The van der Waals surface area contributed by atoms with Gasteiger partial charge in [-0.3, -0.25) is 9.89 Å². The second-order valence-electron chi connectivity index (χ2n) is 4.35. The van der Waals surface area contributed by atoms with Gasteiger partial charge in [-0.15, -0.1) is 11.3 Å². The van der Waals surface area contributed by atoms with E-state index in [9.17, 15) is 4.79 Å². The van der Waals surface area contributed by atoms with Gasteiger partial charge in [-0.05, 0) is 24.4 Å². The van der Waals surface area contributed by atoms with E-state index in [0.29, 0.717) is 5.56 Å². The van der Waals surface area contributed by atoms with Crippen LogP contribution >= 0.6 is 11.3 Å². The fourth-order valence-corrected chi connectivity index (χ4v) is 2.78. The van der Waals surface area contributed by atoms with E-state index in [4.69, 9.17) is 0 Å². The fraction of sp³-hybridized carbons (Fsp3) is 0.143. The number of fused-ring (bicyclic) bond motifs is 1. The summed E-state index contributed by atoms with van der Waals surface area (Å²) in [7, 11) is 0. The second kappa shape index (κ2) is 4.85. The van der Waals surface area contributed by atoms with Crippen molar-refractivity contribution in [3.8, 4) is 0 Å². The number of rotatable bonds is 3. The summed E-state index contributed by atoms with van der Waals surface area (Å²) < 4.78 is 0. The third kappa shape index (κ3) is 2.24. The van der Waals surface area contributed by atoms with E-state index >= 15 is 0 Å². The number of hydrogen-bond acceptors (Lipinski definition) is 3. The van der Waals surface area contributed by atoms with E-state index in [0.717, 1.165) is 15.8 Å². The molecule has 96 valence electrons. The first kappa shape index (κ1) is 11.9. The van der Waals surface area contributed by atoms with Gasteiger partial charge in [0.05, 0.1) is 23.3 Å². The van der Waals surface area contributed by atoms with Crippen molar-refractivity contribution in [1.29, 1.82) is 0 Å². The molecule has 0 aliphatic carbocycles. The van der Waals surface area contributed by atoms with Gasteiger partial charge in [0.1, 0.15) is 0 Å². The molecule has 0 fully saturated rings. The molecule has 3 aromatic rings. The van der Waals surface area contributed by atoms with Crippen molar-refractivity contribution in [1.82, 2.24) is 15.5 Å². The van der Waals surface area contributed by atoms with E-state index in [-0.39, 0.29) is 11.9 Å². The number of carbonyl (C=O) groups is 1. The zero-order valence-corrected chi connectivity index (χ0v) is 11.2. The molecular formula is C14H13N3OS. The van der Waals surface area contributed by atoms with Crippen molar-refractivity contribution in [3.63, 3.8) is 0 Å². The van der Waals surface area contributed by atoms with Crippen LogP contribution in [0.3, 0.4) is 0 Å².